The Hall–Kier alpha value is -2.72. The number of ketones is 1. The summed E-state index contributed by atoms with van der Waals surface area (Å²) in [4.78, 5) is 12.6. The van der Waals surface area contributed by atoms with Crippen molar-refractivity contribution in [1.82, 2.24) is 9.78 Å². The van der Waals surface area contributed by atoms with Gasteiger partial charge in [-0.15, -0.1) is 0 Å². The van der Waals surface area contributed by atoms with E-state index in [9.17, 15) is 18.5 Å². The second kappa shape index (κ2) is 6.89. The van der Waals surface area contributed by atoms with Crippen LogP contribution in [0.15, 0.2) is 35.9 Å². The molecule has 0 radical (unpaired) electrons. The minimum Gasteiger partial charge on any atom is -0.288 e. The highest BCUT2D eigenvalue weighted by Gasteiger charge is 2.31. The number of nitrogens with zero attached hydrogens (tertiary/aromatic N) is 3. The zero-order chi connectivity index (χ0) is 18.9. The SMILES string of the molecule is Cc1nn([C@@H]2CCS(=O)(=O)C2)c(C)c1/C=C(\C#N)C(=O)c1ccccc1. The summed E-state index contributed by atoms with van der Waals surface area (Å²) in [5.74, 6) is -0.105. The molecule has 0 N–H and O–H groups in total. The largest absolute Gasteiger partial charge is 0.288 e. The van der Waals surface area contributed by atoms with Crippen LogP contribution in [0.5, 0.6) is 0 Å². The molecular formula is C19H19N3O3S. The molecule has 7 heteroatoms. The van der Waals surface area contributed by atoms with Crippen molar-refractivity contribution >= 4 is 21.7 Å². The first-order valence-electron chi connectivity index (χ1n) is 8.30. The number of hydrogen-bond acceptors (Lipinski definition) is 5. The molecule has 2 heterocycles. The first-order valence-corrected chi connectivity index (χ1v) is 10.1. The molecule has 6 nitrogen and oxygen atoms in total. The maximum absolute atomic E-state index is 12.6. The Bertz CT molecular complexity index is 1030. The zero-order valence-electron chi connectivity index (χ0n) is 14.6. The lowest BCUT2D eigenvalue weighted by Crippen LogP contribution is -2.14. The monoisotopic (exact) mass is 369 g/mol. The average Bonchev–Trinajstić information content (AvgIpc) is 3.12. The van der Waals surface area contributed by atoms with Gasteiger partial charge in [-0.25, -0.2) is 8.42 Å². The van der Waals surface area contributed by atoms with Gasteiger partial charge in [-0.05, 0) is 26.3 Å². The predicted molar refractivity (Wildman–Crippen MR) is 98.4 cm³/mol. The molecule has 3 rings (SSSR count). The maximum atomic E-state index is 12.6. The summed E-state index contributed by atoms with van der Waals surface area (Å²) in [7, 11) is -3.02. The minimum absolute atomic E-state index is 0.0287. The van der Waals surface area contributed by atoms with Crippen LogP contribution < -0.4 is 0 Å². The molecule has 134 valence electrons. The number of aromatic nitrogens is 2. The first kappa shape index (κ1) is 18.1. The Labute approximate surface area is 152 Å². The van der Waals surface area contributed by atoms with Crippen molar-refractivity contribution < 1.29 is 13.2 Å². The van der Waals surface area contributed by atoms with Crippen LogP contribution >= 0.6 is 0 Å². The summed E-state index contributed by atoms with van der Waals surface area (Å²) < 4.78 is 25.2. The Morgan fingerprint density at radius 1 is 1.31 bits per heavy atom. The van der Waals surface area contributed by atoms with Crippen LogP contribution in [0.3, 0.4) is 0 Å². The molecular weight excluding hydrogens is 350 g/mol. The molecule has 26 heavy (non-hydrogen) atoms. The van der Waals surface area contributed by atoms with Crippen LogP contribution in [-0.4, -0.2) is 35.5 Å². The normalized spacial score (nSPS) is 19.3. The average molecular weight is 369 g/mol. The van der Waals surface area contributed by atoms with E-state index in [1.54, 1.807) is 48.0 Å². The molecule has 1 saturated heterocycles. The molecule has 0 unspecified atom stereocenters. The van der Waals surface area contributed by atoms with Gasteiger partial charge in [0.1, 0.15) is 11.6 Å². The molecule has 0 spiro atoms. The molecule has 1 aliphatic heterocycles. The number of carbonyl (C=O) groups excluding carboxylic acids is 1. The quantitative estimate of drug-likeness (QED) is 0.469. The Balaban J connectivity index is 1.98. The number of hydrogen-bond donors (Lipinski definition) is 0. The summed E-state index contributed by atoms with van der Waals surface area (Å²) in [5, 5.41) is 13.9. The van der Waals surface area contributed by atoms with E-state index in [-0.39, 0.29) is 28.9 Å². The van der Waals surface area contributed by atoms with Gasteiger partial charge in [-0.1, -0.05) is 30.3 Å². The third kappa shape index (κ3) is 3.46. The molecule has 1 aliphatic rings. The number of Topliss-reactive ketones (excluding diaryl/α,β-unsaturated/α-hetero) is 1. The highest BCUT2D eigenvalue weighted by Crippen LogP contribution is 2.28. The van der Waals surface area contributed by atoms with Crippen molar-refractivity contribution in [1.29, 1.82) is 5.26 Å². The van der Waals surface area contributed by atoms with Crippen LogP contribution in [0.4, 0.5) is 0 Å². The van der Waals surface area contributed by atoms with Crippen LogP contribution in [0, 0.1) is 25.2 Å². The van der Waals surface area contributed by atoms with E-state index < -0.39 is 9.84 Å². The number of allylic oxidation sites excluding steroid dienone is 1. The highest BCUT2D eigenvalue weighted by molar-refractivity contribution is 7.91. The van der Waals surface area contributed by atoms with Crippen molar-refractivity contribution in [3.63, 3.8) is 0 Å². The van der Waals surface area contributed by atoms with E-state index in [4.69, 9.17) is 0 Å². The van der Waals surface area contributed by atoms with Gasteiger partial charge in [0.2, 0.25) is 5.78 Å². The van der Waals surface area contributed by atoms with Gasteiger partial charge < -0.3 is 0 Å². The molecule has 1 aromatic heterocycles. The number of rotatable bonds is 4. The van der Waals surface area contributed by atoms with E-state index in [2.05, 4.69) is 5.10 Å². The maximum Gasteiger partial charge on any atom is 0.203 e. The van der Waals surface area contributed by atoms with Crippen molar-refractivity contribution in [2.75, 3.05) is 11.5 Å². The van der Waals surface area contributed by atoms with Gasteiger partial charge >= 0.3 is 0 Å². The molecule has 0 aliphatic carbocycles. The fourth-order valence-electron chi connectivity index (χ4n) is 3.25. The van der Waals surface area contributed by atoms with Gasteiger partial charge in [0.05, 0.1) is 23.2 Å². The Kier molecular flexibility index (Phi) is 4.79. The Morgan fingerprint density at radius 3 is 2.58 bits per heavy atom. The molecule has 2 aromatic rings. The van der Waals surface area contributed by atoms with Gasteiger partial charge in [0, 0.05) is 16.8 Å². The number of carbonyl (C=O) groups is 1. The number of nitriles is 1. The lowest BCUT2D eigenvalue weighted by molar-refractivity contribution is 0.104. The second-order valence-electron chi connectivity index (χ2n) is 6.45. The molecule has 0 saturated carbocycles. The van der Waals surface area contributed by atoms with E-state index >= 15 is 0 Å². The van der Waals surface area contributed by atoms with Crippen LogP contribution in [0.25, 0.3) is 6.08 Å². The van der Waals surface area contributed by atoms with Gasteiger partial charge in [0.15, 0.2) is 9.84 Å². The molecule has 1 aromatic carbocycles. The number of benzene rings is 1. The van der Waals surface area contributed by atoms with Crippen LogP contribution in [-0.2, 0) is 9.84 Å². The van der Waals surface area contributed by atoms with Crippen LogP contribution in [0.1, 0.15) is 39.8 Å². The van der Waals surface area contributed by atoms with Gasteiger partial charge in [-0.3, -0.25) is 9.48 Å². The van der Waals surface area contributed by atoms with Gasteiger partial charge in [-0.2, -0.15) is 10.4 Å². The lowest BCUT2D eigenvalue weighted by atomic mass is 10.0. The fourth-order valence-corrected chi connectivity index (χ4v) is 4.94. The first-order chi connectivity index (χ1) is 12.3. The van der Waals surface area contributed by atoms with Crippen LogP contribution in [0.2, 0.25) is 0 Å². The smallest absolute Gasteiger partial charge is 0.203 e. The summed E-state index contributed by atoms with van der Waals surface area (Å²) in [6.07, 6.45) is 2.08. The van der Waals surface area contributed by atoms with Gasteiger partial charge in [0.25, 0.3) is 0 Å². The van der Waals surface area contributed by atoms with Crippen molar-refractivity contribution in [2.24, 2.45) is 0 Å². The summed E-state index contributed by atoms with van der Waals surface area (Å²) >= 11 is 0. The molecule has 0 bridgehead atoms. The topological polar surface area (TPSA) is 92.8 Å². The molecule has 1 fully saturated rings. The minimum atomic E-state index is -3.02. The fraction of sp³-hybridized carbons (Fsp3) is 0.316. The lowest BCUT2D eigenvalue weighted by Gasteiger charge is -2.11. The highest BCUT2D eigenvalue weighted by atomic mass is 32.2. The van der Waals surface area contributed by atoms with E-state index in [0.29, 0.717) is 23.2 Å². The Morgan fingerprint density at radius 2 is 2.00 bits per heavy atom. The van der Waals surface area contributed by atoms with E-state index in [0.717, 1.165) is 5.69 Å². The second-order valence-corrected chi connectivity index (χ2v) is 8.68. The van der Waals surface area contributed by atoms with Crippen molar-refractivity contribution in [3.05, 3.63) is 58.4 Å². The third-order valence-electron chi connectivity index (χ3n) is 4.62. The predicted octanol–water partition coefficient (Wildman–Crippen LogP) is 2.65. The molecule has 0 amide bonds. The van der Waals surface area contributed by atoms with Crippen molar-refractivity contribution in [2.45, 2.75) is 26.3 Å². The van der Waals surface area contributed by atoms with E-state index in [1.165, 1.54) is 0 Å². The zero-order valence-corrected chi connectivity index (χ0v) is 15.5. The summed E-state index contributed by atoms with van der Waals surface area (Å²) in [6, 6.07) is 10.4. The summed E-state index contributed by atoms with van der Waals surface area (Å²) in [6.45, 7) is 3.62. The van der Waals surface area contributed by atoms with Crippen molar-refractivity contribution in [3.8, 4) is 6.07 Å². The third-order valence-corrected chi connectivity index (χ3v) is 6.38. The number of sulfone groups is 1. The molecule has 1 atom stereocenters. The standard InChI is InChI=1S/C19H19N3O3S/c1-13-18(10-16(11-20)19(23)15-6-4-3-5-7-15)14(2)22(21-13)17-8-9-26(24,25)12-17/h3-7,10,17H,8-9,12H2,1-2H3/b16-10+/t17-/m1/s1. The number of aryl methyl sites for hydroxylation is 1. The van der Waals surface area contributed by atoms with E-state index in [1.807, 2.05) is 13.0 Å². The summed E-state index contributed by atoms with van der Waals surface area (Å²) in [5.41, 5.74) is 2.60.